The third-order valence-corrected chi connectivity index (χ3v) is 2.34. The van der Waals surface area contributed by atoms with Crippen molar-refractivity contribution in [3.8, 4) is 0 Å². The van der Waals surface area contributed by atoms with Gasteiger partial charge in [0.25, 0.3) is 0 Å². The van der Waals surface area contributed by atoms with Crippen molar-refractivity contribution in [2.75, 3.05) is 20.6 Å². The van der Waals surface area contributed by atoms with Crippen LogP contribution in [0.2, 0.25) is 0 Å². The molecular formula is C11H21N3O. The van der Waals surface area contributed by atoms with Gasteiger partial charge in [-0.25, -0.2) is 0 Å². The highest BCUT2D eigenvalue weighted by Crippen LogP contribution is 2.15. The quantitative estimate of drug-likeness (QED) is 0.770. The fraction of sp³-hybridized carbons (Fsp3) is 0.727. The summed E-state index contributed by atoms with van der Waals surface area (Å²) in [6.07, 6.45) is 5.12. The van der Waals surface area contributed by atoms with Crippen molar-refractivity contribution in [1.29, 1.82) is 0 Å². The van der Waals surface area contributed by atoms with E-state index in [1.54, 1.807) is 6.20 Å². The van der Waals surface area contributed by atoms with Gasteiger partial charge in [-0.15, -0.1) is 0 Å². The van der Waals surface area contributed by atoms with Gasteiger partial charge >= 0.3 is 0 Å². The first kappa shape index (κ1) is 12.2. The Balaban J connectivity index is 2.46. The Morgan fingerprint density at radius 3 is 2.87 bits per heavy atom. The molecule has 1 unspecified atom stereocenters. The third-order valence-electron chi connectivity index (χ3n) is 2.34. The van der Waals surface area contributed by atoms with Crippen LogP contribution in [0, 0.1) is 0 Å². The number of aromatic nitrogens is 2. The molecule has 1 atom stereocenters. The Kier molecular flexibility index (Phi) is 4.78. The van der Waals surface area contributed by atoms with Crippen LogP contribution in [0.3, 0.4) is 0 Å². The summed E-state index contributed by atoms with van der Waals surface area (Å²) in [4.78, 5) is 2.07. The fourth-order valence-electron chi connectivity index (χ4n) is 1.45. The number of hydrogen-bond acceptors (Lipinski definition) is 3. The Hall–Kier alpha value is -0.870. The van der Waals surface area contributed by atoms with E-state index in [9.17, 15) is 5.11 Å². The molecule has 86 valence electrons. The lowest BCUT2D eigenvalue weighted by Gasteiger charge is -2.12. The molecule has 0 amide bonds. The van der Waals surface area contributed by atoms with Gasteiger partial charge in [0.1, 0.15) is 0 Å². The molecule has 1 rings (SSSR count). The number of aliphatic hydroxyl groups is 1. The van der Waals surface area contributed by atoms with E-state index in [0.29, 0.717) is 0 Å². The first-order valence-corrected chi connectivity index (χ1v) is 5.48. The maximum absolute atomic E-state index is 9.87. The second kappa shape index (κ2) is 5.88. The van der Waals surface area contributed by atoms with E-state index in [0.717, 1.165) is 31.5 Å². The lowest BCUT2D eigenvalue weighted by Crippen LogP contribution is -2.15. The van der Waals surface area contributed by atoms with Crippen LogP contribution in [-0.2, 0) is 6.54 Å². The lowest BCUT2D eigenvalue weighted by atomic mass is 10.1. The van der Waals surface area contributed by atoms with Gasteiger partial charge in [-0.1, -0.05) is 6.92 Å². The molecule has 0 spiro atoms. The van der Waals surface area contributed by atoms with Gasteiger partial charge in [-0.3, -0.25) is 4.68 Å². The molecule has 0 saturated heterocycles. The largest absolute Gasteiger partial charge is 0.388 e. The van der Waals surface area contributed by atoms with E-state index < -0.39 is 6.10 Å². The summed E-state index contributed by atoms with van der Waals surface area (Å²) in [6.45, 7) is 3.92. The monoisotopic (exact) mass is 211 g/mol. The number of rotatable bonds is 6. The van der Waals surface area contributed by atoms with Crippen molar-refractivity contribution in [2.24, 2.45) is 0 Å². The Labute approximate surface area is 91.5 Å². The van der Waals surface area contributed by atoms with E-state index in [1.165, 1.54) is 0 Å². The van der Waals surface area contributed by atoms with Crippen LogP contribution in [0.15, 0.2) is 12.4 Å². The van der Waals surface area contributed by atoms with Crippen LogP contribution in [0.4, 0.5) is 0 Å². The lowest BCUT2D eigenvalue weighted by molar-refractivity contribution is 0.154. The van der Waals surface area contributed by atoms with Gasteiger partial charge in [0.2, 0.25) is 0 Å². The highest BCUT2D eigenvalue weighted by molar-refractivity contribution is 5.07. The minimum absolute atomic E-state index is 0.391. The van der Waals surface area contributed by atoms with Crippen molar-refractivity contribution in [2.45, 2.75) is 32.4 Å². The van der Waals surface area contributed by atoms with Crippen LogP contribution < -0.4 is 0 Å². The zero-order valence-corrected chi connectivity index (χ0v) is 9.85. The van der Waals surface area contributed by atoms with Gasteiger partial charge in [0.15, 0.2) is 0 Å². The predicted molar refractivity (Wildman–Crippen MR) is 60.6 cm³/mol. The van der Waals surface area contributed by atoms with Crippen molar-refractivity contribution >= 4 is 0 Å². The maximum atomic E-state index is 9.87. The van der Waals surface area contributed by atoms with Crippen molar-refractivity contribution in [3.63, 3.8) is 0 Å². The number of hydrogen-bond donors (Lipinski definition) is 1. The standard InChI is InChI=1S/C11H21N3O/c1-4-6-14-9-10(8-12-14)11(15)5-7-13(2)3/h8-9,11,15H,4-7H2,1-3H3. The van der Waals surface area contributed by atoms with E-state index in [4.69, 9.17) is 0 Å². The predicted octanol–water partition coefficient (Wildman–Crippen LogP) is 1.28. The molecule has 4 nitrogen and oxygen atoms in total. The van der Waals surface area contributed by atoms with Crippen LogP contribution in [0.25, 0.3) is 0 Å². The maximum Gasteiger partial charge on any atom is 0.0832 e. The number of aliphatic hydroxyl groups excluding tert-OH is 1. The fourth-order valence-corrected chi connectivity index (χ4v) is 1.45. The van der Waals surface area contributed by atoms with Crippen LogP contribution in [-0.4, -0.2) is 40.4 Å². The number of aryl methyl sites for hydroxylation is 1. The molecule has 0 saturated carbocycles. The molecule has 1 heterocycles. The Morgan fingerprint density at radius 2 is 2.27 bits per heavy atom. The minimum Gasteiger partial charge on any atom is -0.388 e. The summed E-state index contributed by atoms with van der Waals surface area (Å²) in [6, 6.07) is 0. The number of nitrogens with zero attached hydrogens (tertiary/aromatic N) is 3. The van der Waals surface area contributed by atoms with E-state index in [1.807, 2.05) is 25.0 Å². The summed E-state index contributed by atoms with van der Waals surface area (Å²) in [5, 5.41) is 14.1. The highest BCUT2D eigenvalue weighted by Gasteiger charge is 2.09. The summed E-state index contributed by atoms with van der Waals surface area (Å²) < 4.78 is 1.88. The molecule has 1 aromatic rings. The van der Waals surface area contributed by atoms with Crippen molar-refractivity contribution in [3.05, 3.63) is 18.0 Å². The summed E-state index contributed by atoms with van der Waals surface area (Å²) in [5.41, 5.74) is 0.922. The van der Waals surface area contributed by atoms with Crippen molar-refractivity contribution < 1.29 is 5.11 Å². The molecule has 0 aliphatic heterocycles. The molecule has 1 N–H and O–H groups in total. The molecule has 4 heteroatoms. The average Bonchev–Trinajstić information content (AvgIpc) is 2.63. The Morgan fingerprint density at radius 1 is 1.53 bits per heavy atom. The van der Waals surface area contributed by atoms with Crippen molar-refractivity contribution in [1.82, 2.24) is 14.7 Å². The normalized spacial score (nSPS) is 13.4. The van der Waals surface area contributed by atoms with E-state index in [2.05, 4.69) is 16.9 Å². The van der Waals surface area contributed by atoms with E-state index in [-0.39, 0.29) is 0 Å². The molecule has 1 aromatic heterocycles. The van der Waals surface area contributed by atoms with Crippen LogP contribution in [0.5, 0.6) is 0 Å². The zero-order chi connectivity index (χ0) is 11.3. The average molecular weight is 211 g/mol. The summed E-state index contributed by atoms with van der Waals surface area (Å²) >= 11 is 0. The van der Waals surface area contributed by atoms with Crippen LogP contribution >= 0.6 is 0 Å². The topological polar surface area (TPSA) is 41.3 Å². The van der Waals surface area contributed by atoms with E-state index >= 15 is 0 Å². The molecule has 15 heavy (non-hydrogen) atoms. The second-order valence-electron chi connectivity index (χ2n) is 4.14. The minimum atomic E-state index is -0.391. The third kappa shape index (κ3) is 4.01. The van der Waals surface area contributed by atoms with Gasteiger partial charge in [0, 0.05) is 24.8 Å². The van der Waals surface area contributed by atoms with Gasteiger partial charge in [0.05, 0.1) is 12.3 Å². The molecule has 0 aromatic carbocycles. The highest BCUT2D eigenvalue weighted by atomic mass is 16.3. The molecule has 0 radical (unpaired) electrons. The zero-order valence-electron chi connectivity index (χ0n) is 9.85. The van der Waals surface area contributed by atoms with Crippen LogP contribution in [0.1, 0.15) is 31.4 Å². The first-order chi connectivity index (χ1) is 7.13. The summed E-state index contributed by atoms with van der Waals surface area (Å²) in [7, 11) is 4.01. The van der Waals surface area contributed by atoms with Gasteiger partial charge in [-0.2, -0.15) is 5.10 Å². The summed E-state index contributed by atoms with van der Waals surface area (Å²) in [5.74, 6) is 0. The van der Waals surface area contributed by atoms with Gasteiger partial charge < -0.3 is 10.0 Å². The molecule has 0 aliphatic rings. The smallest absolute Gasteiger partial charge is 0.0832 e. The molecule has 0 bridgehead atoms. The molecule has 0 fully saturated rings. The van der Waals surface area contributed by atoms with Gasteiger partial charge in [-0.05, 0) is 26.9 Å². The molecular weight excluding hydrogens is 190 g/mol. The second-order valence-corrected chi connectivity index (χ2v) is 4.14. The first-order valence-electron chi connectivity index (χ1n) is 5.48. The SMILES string of the molecule is CCCn1cc(C(O)CCN(C)C)cn1. The Bertz CT molecular complexity index is 283. The molecule has 0 aliphatic carbocycles.